The summed E-state index contributed by atoms with van der Waals surface area (Å²) in [5.41, 5.74) is 12.6. The summed E-state index contributed by atoms with van der Waals surface area (Å²) in [4.78, 5) is 5.06. The second-order valence-corrected chi connectivity index (χ2v) is 14.6. The third-order valence-electron chi connectivity index (χ3n) is 9.39. The Kier molecular flexibility index (Phi) is 5.41. The van der Waals surface area contributed by atoms with Crippen LogP contribution in [0.15, 0.2) is 107 Å². The first-order chi connectivity index (χ1) is 20.1. The lowest BCUT2D eigenvalue weighted by atomic mass is 9.34. The van der Waals surface area contributed by atoms with Crippen molar-refractivity contribution in [3.05, 3.63) is 119 Å². The summed E-state index contributed by atoms with van der Waals surface area (Å²) < 4.78 is 6.73. The molecular formula is C38H34BNOS. The van der Waals surface area contributed by atoms with E-state index in [2.05, 4.69) is 144 Å². The molecule has 5 aromatic carbocycles. The number of rotatable bonds is 0. The molecule has 0 N–H and O–H groups in total. The maximum atomic E-state index is 6.73. The van der Waals surface area contributed by atoms with Crippen LogP contribution in [0.25, 0.3) is 0 Å². The molecule has 2 nitrogen and oxygen atoms in total. The lowest BCUT2D eigenvalue weighted by molar-refractivity contribution is 0.486. The highest BCUT2D eigenvalue weighted by Crippen LogP contribution is 2.50. The molecular weight excluding hydrogens is 529 g/mol. The second-order valence-electron chi connectivity index (χ2n) is 13.5. The van der Waals surface area contributed by atoms with Gasteiger partial charge in [-0.3, -0.25) is 0 Å². The Morgan fingerprint density at radius 2 is 1.48 bits per heavy atom. The van der Waals surface area contributed by atoms with Gasteiger partial charge in [-0.05, 0) is 93.4 Å². The molecule has 0 radical (unpaired) electrons. The summed E-state index contributed by atoms with van der Waals surface area (Å²) in [5, 5.41) is 0. The van der Waals surface area contributed by atoms with Gasteiger partial charge in [0.05, 0.1) is 5.69 Å². The van der Waals surface area contributed by atoms with Gasteiger partial charge >= 0.3 is 0 Å². The van der Waals surface area contributed by atoms with Gasteiger partial charge in [-0.2, -0.15) is 0 Å². The van der Waals surface area contributed by atoms with Crippen LogP contribution in [0.1, 0.15) is 56.9 Å². The van der Waals surface area contributed by atoms with Crippen LogP contribution < -0.4 is 26.0 Å². The van der Waals surface area contributed by atoms with E-state index in [4.69, 9.17) is 4.74 Å². The predicted molar refractivity (Wildman–Crippen MR) is 178 cm³/mol. The van der Waals surface area contributed by atoms with Gasteiger partial charge < -0.3 is 9.64 Å². The zero-order chi connectivity index (χ0) is 29.0. The van der Waals surface area contributed by atoms with Crippen molar-refractivity contribution in [2.24, 2.45) is 0 Å². The Hall–Kier alpha value is -3.89. The molecule has 3 aliphatic rings. The molecule has 0 fully saturated rings. The third-order valence-corrected chi connectivity index (χ3v) is 10.5. The zero-order valence-corrected chi connectivity index (χ0v) is 25.9. The largest absolute Gasteiger partial charge is 0.458 e. The average Bonchev–Trinajstić information content (AvgIpc) is 2.96. The third kappa shape index (κ3) is 3.67. The molecule has 0 aromatic heterocycles. The summed E-state index contributed by atoms with van der Waals surface area (Å²) in [5.74, 6) is 1.93. The molecule has 42 heavy (non-hydrogen) atoms. The lowest BCUT2D eigenvalue weighted by Crippen LogP contribution is -2.59. The standard InChI is InChI=1S/C38H34BNOS/c1-23-19-31-36-33(20-23)41-32-18-16-24(37(2,3)4)21-28(32)39(36)27-17-15-25-22-30(27)40(31)29-12-8-10-14-35(29)42-34-13-9-7-11-26(34)38(25,5)6/h7-22H,1-6H3. The number of ether oxygens (including phenoxy) is 1. The van der Waals surface area contributed by atoms with Gasteiger partial charge in [-0.15, -0.1) is 0 Å². The van der Waals surface area contributed by atoms with E-state index >= 15 is 0 Å². The van der Waals surface area contributed by atoms with Crippen molar-refractivity contribution in [1.29, 1.82) is 0 Å². The first-order valence-corrected chi connectivity index (χ1v) is 15.7. The van der Waals surface area contributed by atoms with Crippen molar-refractivity contribution < 1.29 is 4.74 Å². The minimum absolute atomic E-state index is 0.0450. The topological polar surface area (TPSA) is 12.5 Å². The summed E-state index contributed by atoms with van der Waals surface area (Å²) in [6.45, 7) is 13.9. The van der Waals surface area contributed by atoms with Gasteiger partial charge in [0.2, 0.25) is 0 Å². The number of hydrogen-bond acceptors (Lipinski definition) is 3. The smallest absolute Gasteiger partial charge is 0.256 e. The molecule has 0 spiro atoms. The monoisotopic (exact) mass is 563 g/mol. The van der Waals surface area contributed by atoms with Gasteiger partial charge in [0.1, 0.15) is 11.5 Å². The van der Waals surface area contributed by atoms with Crippen molar-refractivity contribution in [2.75, 3.05) is 4.90 Å². The normalized spacial score (nSPS) is 15.6. The zero-order valence-electron chi connectivity index (χ0n) is 25.1. The van der Waals surface area contributed by atoms with Crippen LogP contribution in [0.4, 0.5) is 17.1 Å². The molecule has 206 valence electrons. The summed E-state index contributed by atoms with van der Waals surface area (Å²) in [6, 6.07) is 36.4. The van der Waals surface area contributed by atoms with Crippen LogP contribution in [0.5, 0.6) is 11.5 Å². The second kappa shape index (κ2) is 8.81. The minimum Gasteiger partial charge on any atom is -0.458 e. The van der Waals surface area contributed by atoms with Gasteiger partial charge in [-0.1, -0.05) is 101 Å². The van der Waals surface area contributed by atoms with Crippen LogP contribution in [0.3, 0.4) is 0 Å². The Labute approximate surface area is 253 Å². The highest BCUT2D eigenvalue weighted by molar-refractivity contribution is 7.99. The number of benzene rings is 5. The Bertz CT molecular complexity index is 1930. The van der Waals surface area contributed by atoms with E-state index in [-0.39, 0.29) is 17.5 Å². The first-order valence-electron chi connectivity index (χ1n) is 14.9. The van der Waals surface area contributed by atoms with E-state index in [1.54, 1.807) is 0 Å². The number of aryl methyl sites for hydroxylation is 1. The molecule has 0 aliphatic carbocycles. The van der Waals surface area contributed by atoms with Crippen LogP contribution >= 0.6 is 11.8 Å². The minimum atomic E-state index is -0.165. The van der Waals surface area contributed by atoms with Crippen molar-refractivity contribution in [1.82, 2.24) is 0 Å². The lowest BCUT2D eigenvalue weighted by Gasteiger charge is -2.42. The van der Waals surface area contributed by atoms with Crippen LogP contribution in [0.2, 0.25) is 0 Å². The fraction of sp³-hybridized carbons (Fsp3) is 0.211. The number of para-hydroxylation sites is 1. The van der Waals surface area contributed by atoms with Crippen LogP contribution in [-0.2, 0) is 10.8 Å². The molecule has 4 heteroatoms. The number of nitrogens with zero attached hydrogens (tertiary/aromatic N) is 1. The number of anilines is 3. The molecule has 0 saturated heterocycles. The highest BCUT2D eigenvalue weighted by Gasteiger charge is 2.43. The predicted octanol–water partition coefficient (Wildman–Crippen LogP) is 8.49. The van der Waals surface area contributed by atoms with E-state index in [1.807, 2.05) is 11.8 Å². The molecule has 3 heterocycles. The van der Waals surface area contributed by atoms with Crippen LogP contribution in [0, 0.1) is 6.92 Å². The quantitative estimate of drug-likeness (QED) is 0.172. The van der Waals surface area contributed by atoms with Crippen molar-refractivity contribution in [2.45, 2.75) is 62.2 Å². The van der Waals surface area contributed by atoms with Crippen molar-refractivity contribution in [3.63, 3.8) is 0 Å². The first kappa shape index (κ1) is 25.8. The molecule has 0 atom stereocenters. The van der Waals surface area contributed by atoms with Crippen molar-refractivity contribution in [3.8, 4) is 11.5 Å². The van der Waals surface area contributed by atoms with E-state index in [1.165, 1.54) is 65.5 Å². The van der Waals surface area contributed by atoms with E-state index in [0.717, 1.165) is 11.5 Å². The van der Waals surface area contributed by atoms with E-state index in [0.29, 0.717) is 0 Å². The molecule has 0 saturated carbocycles. The Morgan fingerprint density at radius 3 is 2.29 bits per heavy atom. The van der Waals surface area contributed by atoms with E-state index in [9.17, 15) is 0 Å². The maximum absolute atomic E-state index is 6.73. The Morgan fingerprint density at radius 1 is 0.714 bits per heavy atom. The fourth-order valence-corrected chi connectivity index (χ4v) is 8.30. The molecule has 5 aromatic rings. The highest BCUT2D eigenvalue weighted by atomic mass is 32.2. The number of fused-ring (bicyclic) bond motifs is 8. The fourth-order valence-electron chi connectivity index (χ4n) is 7.07. The number of hydrogen-bond donors (Lipinski definition) is 0. The van der Waals surface area contributed by atoms with Gasteiger partial charge in [0, 0.05) is 26.6 Å². The molecule has 0 unspecified atom stereocenters. The van der Waals surface area contributed by atoms with Crippen molar-refractivity contribution >= 4 is 51.9 Å². The summed E-state index contributed by atoms with van der Waals surface area (Å²) >= 11 is 1.87. The molecule has 8 rings (SSSR count). The average molecular weight is 564 g/mol. The maximum Gasteiger partial charge on any atom is 0.256 e. The SMILES string of the molecule is Cc1cc2c3c(c1)N1c4ccccc4Sc4ccccc4C(C)(C)c4ccc(c1c4)B3c1cc(C(C)(C)C)ccc1O2. The Balaban J connectivity index is 1.48. The molecule has 0 amide bonds. The summed E-state index contributed by atoms with van der Waals surface area (Å²) in [7, 11) is 0. The van der Waals surface area contributed by atoms with Crippen LogP contribution in [-0.4, -0.2) is 6.71 Å². The molecule has 2 bridgehead atoms. The summed E-state index contributed by atoms with van der Waals surface area (Å²) in [6.07, 6.45) is 0. The van der Waals surface area contributed by atoms with Gasteiger partial charge in [0.15, 0.2) is 0 Å². The molecule has 3 aliphatic heterocycles. The van der Waals surface area contributed by atoms with E-state index < -0.39 is 0 Å². The van der Waals surface area contributed by atoms with Gasteiger partial charge in [0.25, 0.3) is 6.71 Å². The van der Waals surface area contributed by atoms with Gasteiger partial charge in [-0.25, -0.2) is 0 Å².